The number of carbonyl (C=O) groups is 2. The highest BCUT2D eigenvalue weighted by molar-refractivity contribution is 7.22. The van der Waals surface area contributed by atoms with Gasteiger partial charge < -0.3 is 10.4 Å². The number of rotatable bonds is 3. The number of amides is 1. The minimum Gasteiger partial charge on any atom is -0.481 e. The number of hydrogen-bond acceptors (Lipinski definition) is 4. The summed E-state index contributed by atoms with van der Waals surface area (Å²) in [4.78, 5) is 27.4. The molecule has 2 aromatic rings. The zero-order chi connectivity index (χ0) is 14.1. The zero-order valence-corrected chi connectivity index (χ0v) is 11.5. The van der Waals surface area contributed by atoms with Crippen molar-refractivity contribution in [1.82, 2.24) is 4.98 Å². The van der Waals surface area contributed by atoms with Crippen molar-refractivity contribution in [2.45, 2.75) is 19.3 Å². The first kappa shape index (κ1) is 13.1. The van der Waals surface area contributed by atoms with Crippen LogP contribution in [0.5, 0.6) is 0 Å². The Morgan fingerprint density at radius 2 is 2.00 bits per heavy atom. The molecule has 1 heterocycles. The molecular weight excluding hydrogens is 276 g/mol. The number of aromatic nitrogens is 1. The van der Waals surface area contributed by atoms with Gasteiger partial charge in [0, 0.05) is 5.92 Å². The first-order valence-electron chi connectivity index (χ1n) is 6.53. The van der Waals surface area contributed by atoms with E-state index in [1.54, 1.807) is 0 Å². The molecule has 1 aliphatic rings. The van der Waals surface area contributed by atoms with Gasteiger partial charge in [0.05, 0.1) is 16.1 Å². The molecule has 104 valence electrons. The van der Waals surface area contributed by atoms with Gasteiger partial charge in [-0.05, 0) is 31.4 Å². The van der Waals surface area contributed by atoms with Crippen LogP contribution in [0.15, 0.2) is 24.3 Å². The van der Waals surface area contributed by atoms with E-state index in [-0.39, 0.29) is 17.7 Å². The zero-order valence-electron chi connectivity index (χ0n) is 10.7. The Kier molecular flexibility index (Phi) is 3.40. The number of thiazole rings is 1. The molecule has 6 heteroatoms. The lowest BCUT2D eigenvalue weighted by atomic mass is 10.0. The molecule has 1 amide bonds. The smallest absolute Gasteiger partial charge is 0.306 e. The summed E-state index contributed by atoms with van der Waals surface area (Å²) < 4.78 is 1.03. The van der Waals surface area contributed by atoms with Gasteiger partial charge in [-0.15, -0.1) is 0 Å². The van der Waals surface area contributed by atoms with Crippen molar-refractivity contribution in [2.24, 2.45) is 11.8 Å². The van der Waals surface area contributed by atoms with Crippen molar-refractivity contribution < 1.29 is 14.7 Å². The number of fused-ring (bicyclic) bond motifs is 1. The van der Waals surface area contributed by atoms with Gasteiger partial charge in [-0.2, -0.15) is 0 Å². The highest BCUT2D eigenvalue weighted by atomic mass is 32.1. The number of carboxylic acid groups (broad SMARTS) is 1. The normalized spacial score (nSPS) is 22.0. The molecule has 5 nitrogen and oxygen atoms in total. The minimum atomic E-state index is -0.805. The molecule has 1 aliphatic carbocycles. The lowest BCUT2D eigenvalue weighted by molar-refractivity contribution is -0.141. The molecule has 0 spiro atoms. The highest BCUT2D eigenvalue weighted by Gasteiger charge is 2.34. The summed E-state index contributed by atoms with van der Waals surface area (Å²) in [5, 5.41) is 12.3. The maximum atomic E-state index is 12.1. The van der Waals surface area contributed by atoms with Crippen molar-refractivity contribution in [3.8, 4) is 0 Å². The Labute approximate surface area is 119 Å². The van der Waals surface area contributed by atoms with E-state index in [1.165, 1.54) is 11.3 Å². The van der Waals surface area contributed by atoms with E-state index in [0.717, 1.165) is 10.2 Å². The predicted molar refractivity (Wildman–Crippen MR) is 76.7 cm³/mol. The van der Waals surface area contributed by atoms with Gasteiger partial charge in [0.25, 0.3) is 0 Å². The van der Waals surface area contributed by atoms with Gasteiger partial charge in [0.15, 0.2) is 5.13 Å². The van der Waals surface area contributed by atoms with Crippen LogP contribution in [-0.4, -0.2) is 22.0 Å². The number of carboxylic acids is 1. The number of aliphatic carboxylic acids is 1. The standard InChI is InChI=1S/C14H14N2O3S/c17-12(8-5-6-9(7-8)13(18)19)16-14-15-10-3-1-2-4-11(10)20-14/h1-4,8-9H,5-7H2,(H,18,19)(H,15,16,17)/t8-,9+/m1/s1. The maximum Gasteiger partial charge on any atom is 0.306 e. The Morgan fingerprint density at radius 3 is 2.70 bits per heavy atom. The minimum absolute atomic E-state index is 0.118. The van der Waals surface area contributed by atoms with E-state index in [9.17, 15) is 9.59 Å². The molecule has 0 aliphatic heterocycles. The largest absolute Gasteiger partial charge is 0.481 e. The molecular formula is C14H14N2O3S. The van der Waals surface area contributed by atoms with E-state index in [1.807, 2.05) is 24.3 Å². The number of para-hydroxylation sites is 1. The van der Waals surface area contributed by atoms with Crippen molar-refractivity contribution in [2.75, 3.05) is 5.32 Å². The van der Waals surface area contributed by atoms with Crippen LogP contribution in [0.1, 0.15) is 19.3 Å². The second-order valence-corrected chi connectivity index (χ2v) is 6.05. The summed E-state index contributed by atoms with van der Waals surface area (Å²) in [6, 6.07) is 7.69. The third-order valence-corrected chi connectivity index (χ3v) is 4.63. The van der Waals surface area contributed by atoms with Crippen molar-refractivity contribution in [3.63, 3.8) is 0 Å². The lowest BCUT2D eigenvalue weighted by Gasteiger charge is -2.08. The predicted octanol–water partition coefficient (Wildman–Crippen LogP) is 2.74. The molecule has 20 heavy (non-hydrogen) atoms. The number of anilines is 1. The van der Waals surface area contributed by atoms with Crippen LogP contribution in [0.4, 0.5) is 5.13 Å². The summed E-state index contributed by atoms with van der Waals surface area (Å²) in [7, 11) is 0. The summed E-state index contributed by atoms with van der Waals surface area (Å²) in [6.07, 6.45) is 1.63. The fraction of sp³-hybridized carbons (Fsp3) is 0.357. The summed E-state index contributed by atoms with van der Waals surface area (Å²) in [6.45, 7) is 0. The Bertz CT molecular complexity index is 634. The van der Waals surface area contributed by atoms with Crippen LogP contribution in [0.25, 0.3) is 10.2 Å². The van der Waals surface area contributed by atoms with Gasteiger partial charge in [-0.3, -0.25) is 9.59 Å². The topological polar surface area (TPSA) is 79.3 Å². The molecule has 0 radical (unpaired) electrons. The van der Waals surface area contributed by atoms with E-state index < -0.39 is 5.97 Å². The number of nitrogens with zero attached hydrogens (tertiary/aromatic N) is 1. The average Bonchev–Trinajstić information content (AvgIpc) is 3.04. The average molecular weight is 290 g/mol. The summed E-state index contributed by atoms with van der Waals surface area (Å²) in [5.74, 6) is -1.53. The molecule has 2 N–H and O–H groups in total. The van der Waals surface area contributed by atoms with Crippen LogP contribution in [0.3, 0.4) is 0 Å². The SMILES string of the molecule is O=C(O)[C@H]1CC[C@@H](C(=O)Nc2nc3ccccc3s2)C1. The Balaban J connectivity index is 1.68. The number of benzene rings is 1. The fourth-order valence-electron chi connectivity index (χ4n) is 2.58. The molecule has 0 bridgehead atoms. The molecule has 3 rings (SSSR count). The molecule has 2 atom stereocenters. The Hall–Kier alpha value is -1.95. The molecule has 1 saturated carbocycles. The number of nitrogens with one attached hydrogen (secondary N) is 1. The van der Waals surface area contributed by atoms with Crippen LogP contribution >= 0.6 is 11.3 Å². The summed E-state index contributed by atoms with van der Waals surface area (Å²) >= 11 is 1.43. The van der Waals surface area contributed by atoms with Gasteiger partial charge >= 0.3 is 5.97 Å². The molecule has 1 aromatic carbocycles. The summed E-state index contributed by atoms with van der Waals surface area (Å²) in [5.41, 5.74) is 0.864. The van der Waals surface area contributed by atoms with Gasteiger partial charge in [0.1, 0.15) is 0 Å². The number of hydrogen-bond donors (Lipinski definition) is 2. The monoisotopic (exact) mass is 290 g/mol. The van der Waals surface area contributed by atoms with E-state index in [2.05, 4.69) is 10.3 Å². The van der Waals surface area contributed by atoms with E-state index >= 15 is 0 Å². The first-order chi connectivity index (χ1) is 9.63. The van der Waals surface area contributed by atoms with E-state index in [0.29, 0.717) is 24.4 Å². The quantitative estimate of drug-likeness (QED) is 0.911. The van der Waals surface area contributed by atoms with Gasteiger partial charge in [-0.25, -0.2) is 4.98 Å². The van der Waals surface area contributed by atoms with Gasteiger partial charge in [0.2, 0.25) is 5.91 Å². The van der Waals surface area contributed by atoms with Crippen molar-refractivity contribution in [1.29, 1.82) is 0 Å². The van der Waals surface area contributed by atoms with Crippen molar-refractivity contribution in [3.05, 3.63) is 24.3 Å². The van der Waals surface area contributed by atoms with Crippen LogP contribution in [0.2, 0.25) is 0 Å². The number of carbonyl (C=O) groups excluding carboxylic acids is 1. The molecule has 0 unspecified atom stereocenters. The fourth-order valence-corrected chi connectivity index (χ4v) is 3.45. The van der Waals surface area contributed by atoms with Crippen LogP contribution in [-0.2, 0) is 9.59 Å². The van der Waals surface area contributed by atoms with E-state index in [4.69, 9.17) is 5.11 Å². The van der Waals surface area contributed by atoms with Crippen molar-refractivity contribution >= 4 is 38.6 Å². The first-order valence-corrected chi connectivity index (χ1v) is 7.34. The maximum absolute atomic E-state index is 12.1. The van der Waals surface area contributed by atoms with Crippen LogP contribution < -0.4 is 5.32 Å². The second-order valence-electron chi connectivity index (χ2n) is 5.02. The van der Waals surface area contributed by atoms with Gasteiger partial charge in [-0.1, -0.05) is 23.5 Å². The third-order valence-electron chi connectivity index (χ3n) is 3.68. The lowest BCUT2D eigenvalue weighted by Crippen LogP contribution is -2.21. The van der Waals surface area contributed by atoms with Crippen LogP contribution in [0, 0.1) is 11.8 Å². The molecule has 1 fully saturated rings. The second kappa shape index (κ2) is 5.20. The Morgan fingerprint density at radius 1 is 1.25 bits per heavy atom. The third kappa shape index (κ3) is 2.51. The molecule has 0 saturated heterocycles. The highest BCUT2D eigenvalue weighted by Crippen LogP contribution is 2.33. The molecule has 1 aromatic heterocycles.